The van der Waals surface area contributed by atoms with Crippen LogP contribution in [0.3, 0.4) is 0 Å². The van der Waals surface area contributed by atoms with E-state index in [2.05, 4.69) is 26.1 Å². The summed E-state index contributed by atoms with van der Waals surface area (Å²) in [5, 5.41) is 3.23. The molecule has 0 rings (SSSR count). The molecule has 0 aliphatic carbocycles. The summed E-state index contributed by atoms with van der Waals surface area (Å²) in [7, 11) is -2.85. The lowest BCUT2D eigenvalue weighted by Crippen LogP contribution is -2.33. The van der Waals surface area contributed by atoms with Crippen molar-refractivity contribution in [2.75, 3.05) is 18.6 Å². The Hall–Kier alpha value is -0.0900. The summed E-state index contributed by atoms with van der Waals surface area (Å²) in [4.78, 5) is 0. The minimum absolute atomic E-state index is 0.0555. The third-order valence-corrected chi connectivity index (χ3v) is 3.25. The van der Waals surface area contributed by atoms with E-state index < -0.39 is 9.84 Å². The van der Waals surface area contributed by atoms with Crippen molar-refractivity contribution in [2.24, 2.45) is 5.41 Å². The first-order valence-electron chi connectivity index (χ1n) is 5.51. The van der Waals surface area contributed by atoms with Crippen LogP contribution in [0.2, 0.25) is 0 Å². The highest BCUT2D eigenvalue weighted by Gasteiger charge is 2.11. The van der Waals surface area contributed by atoms with Gasteiger partial charge in [0.25, 0.3) is 0 Å². The second kappa shape index (κ2) is 5.85. The van der Waals surface area contributed by atoms with Gasteiger partial charge in [-0.1, -0.05) is 20.8 Å². The Kier molecular flexibility index (Phi) is 5.81. The summed E-state index contributed by atoms with van der Waals surface area (Å²) < 4.78 is 22.0. The highest BCUT2D eigenvalue weighted by Crippen LogP contribution is 2.19. The van der Waals surface area contributed by atoms with Crippen molar-refractivity contribution in [1.29, 1.82) is 0 Å². The lowest BCUT2D eigenvalue weighted by atomic mass is 9.91. The summed E-state index contributed by atoms with van der Waals surface area (Å²) in [6.45, 7) is 9.46. The number of nitrogens with one attached hydrogen (secondary N) is 1. The van der Waals surface area contributed by atoms with Crippen LogP contribution < -0.4 is 5.32 Å². The van der Waals surface area contributed by atoms with Gasteiger partial charge in [0.1, 0.15) is 9.84 Å². The summed E-state index contributed by atoms with van der Waals surface area (Å²) >= 11 is 0. The first kappa shape index (κ1) is 14.9. The predicted molar refractivity (Wildman–Crippen MR) is 65.9 cm³/mol. The van der Waals surface area contributed by atoms with E-state index in [4.69, 9.17) is 0 Å². The molecule has 0 radical (unpaired) electrons. The van der Waals surface area contributed by atoms with Crippen LogP contribution in [0.1, 0.15) is 40.5 Å². The summed E-state index contributed by atoms with van der Waals surface area (Å²) in [5.74, 6) is 0.225. The van der Waals surface area contributed by atoms with Crippen LogP contribution in [0.15, 0.2) is 0 Å². The van der Waals surface area contributed by atoms with Gasteiger partial charge in [-0.25, -0.2) is 8.42 Å². The molecule has 1 unspecified atom stereocenters. The van der Waals surface area contributed by atoms with E-state index in [9.17, 15) is 8.42 Å². The maximum absolute atomic E-state index is 11.0. The molecule has 3 nitrogen and oxygen atoms in total. The van der Waals surface area contributed by atoms with E-state index in [1.807, 2.05) is 6.92 Å². The lowest BCUT2D eigenvalue weighted by molar-refractivity contribution is 0.358. The van der Waals surface area contributed by atoms with Gasteiger partial charge < -0.3 is 5.32 Å². The van der Waals surface area contributed by atoms with Crippen molar-refractivity contribution in [3.8, 4) is 0 Å². The molecule has 15 heavy (non-hydrogen) atoms. The number of rotatable bonds is 6. The standard InChI is InChI=1S/C11H25NO2S/c1-10(9-15(5,13)14)12-8-6-7-11(2,3)4/h10,12H,6-9H2,1-5H3. The molecule has 0 saturated carbocycles. The van der Waals surface area contributed by atoms with E-state index in [0.29, 0.717) is 5.41 Å². The predicted octanol–water partition coefficient (Wildman–Crippen LogP) is 1.84. The quantitative estimate of drug-likeness (QED) is 0.715. The van der Waals surface area contributed by atoms with Crippen molar-refractivity contribution >= 4 is 9.84 Å². The monoisotopic (exact) mass is 235 g/mol. The lowest BCUT2D eigenvalue weighted by Gasteiger charge is -2.19. The second-order valence-corrected chi connectivity index (χ2v) is 7.80. The average Bonchev–Trinajstić information content (AvgIpc) is 1.92. The molecule has 0 aromatic rings. The first-order valence-corrected chi connectivity index (χ1v) is 7.57. The smallest absolute Gasteiger partial charge is 0.148 e. The third-order valence-electron chi connectivity index (χ3n) is 2.15. The Bertz CT molecular complexity index is 265. The van der Waals surface area contributed by atoms with Gasteiger partial charge in [0.2, 0.25) is 0 Å². The van der Waals surface area contributed by atoms with Gasteiger partial charge in [-0.15, -0.1) is 0 Å². The molecular weight excluding hydrogens is 210 g/mol. The number of hydrogen-bond donors (Lipinski definition) is 1. The molecule has 92 valence electrons. The zero-order chi connectivity index (χ0) is 12.1. The largest absolute Gasteiger partial charge is 0.313 e. The summed E-state index contributed by atoms with van der Waals surface area (Å²) in [6, 6.07) is 0.0555. The van der Waals surface area contributed by atoms with E-state index >= 15 is 0 Å². The molecule has 1 atom stereocenters. The molecular formula is C11H25NO2S. The molecule has 4 heteroatoms. The summed E-state index contributed by atoms with van der Waals surface area (Å²) in [5.41, 5.74) is 0.363. The number of sulfone groups is 1. The fourth-order valence-corrected chi connectivity index (χ4v) is 2.51. The molecule has 0 aromatic carbocycles. The molecule has 0 heterocycles. The highest BCUT2D eigenvalue weighted by molar-refractivity contribution is 7.90. The van der Waals surface area contributed by atoms with Crippen molar-refractivity contribution in [3.05, 3.63) is 0 Å². The normalized spacial score (nSPS) is 15.3. The van der Waals surface area contributed by atoms with Crippen LogP contribution in [0.5, 0.6) is 0 Å². The van der Waals surface area contributed by atoms with Crippen LogP contribution in [0, 0.1) is 5.41 Å². The van der Waals surface area contributed by atoms with Gasteiger partial charge in [0.05, 0.1) is 5.75 Å². The molecule has 0 aliphatic heterocycles. The Morgan fingerprint density at radius 3 is 2.20 bits per heavy atom. The van der Waals surface area contributed by atoms with Crippen molar-refractivity contribution < 1.29 is 8.42 Å². The maximum Gasteiger partial charge on any atom is 0.148 e. The van der Waals surface area contributed by atoms with Crippen LogP contribution in [-0.2, 0) is 9.84 Å². The molecule has 0 fully saturated rings. The second-order valence-electron chi connectivity index (χ2n) is 5.61. The van der Waals surface area contributed by atoms with Gasteiger partial charge in [-0.2, -0.15) is 0 Å². The zero-order valence-corrected chi connectivity index (χ0v) is 11.4. The Labute approximate surface area is 94.6 Å². The van der Waals surface area contributed by atoms with Gasteiger partial charge in [0.15, 0.2) is 0 Å². The first-order chi connectivity index (χ1) is 6.60. The molecule has 0 saturated heterocycles. The number of hydrogen-bond acceptors (Lipinski definition) is 3. The molecule has 0 amide bonds. The molecule has 0 spiro atoms. The van der Waals surface area contributed by atoms with Gasteiger partial charge in [0, 0.05) is 12.3 Å². The van der Waals surface area contributed by atoms with Crippen molar-refractivity contribution in [3.63, 3.8) is 0 Å². The summed E-state index contributed by atoms with van der Waals surface area (Å²) in [6.07, 6.45) is 3.53. The van der Waals surface area contributed by atoms with Crippen LogP contribution >= 0.6 is 0 Å². The SMILES string of the molecule is CC(CS(C)(=O)=O)NCCCC(C)(C)C. The van der Waals surface area contributed by atoms with E-state index in [0.717, 1.165) is 19.4 Å². The van der Waals surface area contributed by atoms with Gasteiger partial charge >= 0.3 is 0 Å². The molecule has 0 aliphatic rings. The van der Waals surface area contributed by atoms with Gasteiger partial charge in [-0.05, 0) is 31.7 Å². The fourth-order valence-electron chi connectivity index (χ4n) is 1.48. The van der Waals surface area contributed by atoms with Crippen LogP contribution in [-0.4, -0.2) is 33.0 Å². The van der Waals surface area contributed by atoms with Crippen LogP contribution in [0.25, 0.3) is 0 Å². The molecule has 1 N–H and O–H groups in total. The topological polar surface area (TPSA) is 46.2 Å². The van der Waals surface area contributed by atoms with E-state index in [-0.39, 0.29) is 11.8 Å². The van der Waals surface area contributed by atoms with Crippen molar-refractivity contribution in [2.45, 2.75) is 46.6 Å². The Balaban J connectivity index is 3.61. The van der Waals surface area contributed by atoms with E-state index in [1.165, 1.54) is 6.26 Å². The van der Waals surface area contributed by atoms with E-state index in [1.54, 1.807) is 0 Å². The third kappa shape index (κ3) is 11.8. The Morgan fingerprint density at radius 1 is 1.27 bits per heavy atom. The van der Waals surface area contributed by atoms with Crippen molar-refractivity contribution in [1.82, 2.24) is 5.32 Å². The minimum atomic E-state index is -2.85. The maximum atomic E-state index is 11.0. The van der Waals surface area contributed by atoms with Crippen LogP contribution in [0.4, 0.5) is 0 Å². The molecule has 0 bridgehead atoms. The zero-order valence-electron chi connectivity index (χ0n) is 10.6. The molecule has 0 aromatic heterocycles. The van der Waals surface area contributed by atoms with Gasteiger partial charge in [-0.3, -0.25) is 0 Å². The average molecular weight is 235 g/mol. The Morgan fingerprint density at radius 2 is 1.80 bits per heavy atom. The minimum Gasteiger partial charge on any atom is -0.313 e. The fraction of sp³-hybridized carbons (Fsp3) is 1.00. The highest BCUT2D eigenvalue weighted by atomic mass is 32.2.